The fraction of sp³-hybridized carbons (Fsp3) is 0.625. The largest absolute Gasteiger partial charge is 0.478 e. The van der Waals surface area contributed by atoms with Crippen molar-refractivity contribution in [3.8, 4) is 0 Å². The second-order valence-corrected chi connectivity index (χ2v) is 6.24. The van der Waals surface area contributed by atoms with Crippen LogP contribution in [0.3, 0.4) is 0 Å². The van der Waals surface area contributed by atoms with Gasteiger partial charge in [0.1, 0.15) is 11.4 Å². The number of hydrogen-bond donors (Lipinski definition) is 1. The highest BCUT2D eigenvalue weighted by Gasteiger charge is 2.31. The van der Waals surface area contributed by atoms with E-state index in [0.29, 0.717) is 16.8 Å². The molecular weight excluding hydrogens is 252 g/mol. The maximum Gasteiger partial charge on any atom is 0.339 e. The summed E-state index contributed by atoms with van der Waals surface area (Å²) in [6.07, 6.45) is 3.36. The van der Waals surface area contributed by atoms with Crippen LogP contribution in [0.15, 0.2) is 6.07 Å². The van der Waals surface area contributed by atoms with Crippen LogP contribution < -0.4 is 4.90 Å². The molecule has 1 N–H and O–H groups in total. The Hall–Kier alpha value is -1.58. The van der Waals surface area contributed by atoms with Crippen molar-refractivity contribution in [3.05, 3.63) is 22.9 Å². The third-order valence-corrected chi connectivity index (χ3v) is 4.66. The minimum absolute atomic E-state index is 0.357. The Balaban J connectivity index is 2.32. The van der Waals surface area contributed by atoms with Crippen LogP contribution in [0.25, 0.3) is 0 Å². The quantitative estimate of drug-likeness (QED) is 0.919. The van der Waals surface area contributed by atoms with Gasteiger partial charge in [0.15, 0.2) is 0 Å². The number of rotatable bonds is 3. The zero-order valence-corrected chi connectivity index (χ0v) is 12.9. The van der Waals surface area contributed by atoms with Crippen LogP contribution in [0.4, 0.5) is 5.82 Å². The summed E-state index contributed by atoms with van der Waals surface area (Å²) in [6, 6.07) is 1.84. The molecule has 0 aromatic carbocycles. The van der Waals surface area contributed by atoms with Gasteiger partial charge < -0.3 is 10.0 Å². The average molecular weight is 276 g/mol. The molecule has 1 fully saturated rings. The van der Waals surface area contributed by atoms with Crippen LogP contribution in [0.5, 0.6) is 0 Å². The SMILES string of the molecule is CCC1(C)CCN(c2nc(C)cc(C)c2C(=O)O)CC1. The summed E-state index contributed by atoms with van der Waals surface area (Å²) in [6.45, 7) is 10.1. The molecule has 2 heterocycles. The standard InChI is InChI=1S/C16H24N2O2/c1-5-16(4)6-8-18(9-7-16)14-13(15(19)20)11(2)10-12(3)17-14/h10H,5-9H2,1-4H3,(H,19,20). The highest BCUT2D eigenvalue weighted by atomic mass is 16.4. The Morgan fingerprint density at radius 2 is 2.00 bits per heavy atom. The number of carboxylic acid groups (broad SMARTS) is 1. The summed E-state index contributed by atoms with van der Waals surface area (Å²) in [5.41, 5.74) is 2.42. The maximum absolute atomic E-state index is 11.5. The smallest absolute Gasteiger partial charge is 0.339 e. The minimum atomic E-state index is -0.881. The Bertz CT molecular complexity index is 517. The van der Waals surface area contributed by atoms with E-state index in [9.17, 15) is 9.90 Å². The molecule has 0 aliphatic carbocycles. The van der Waals surface area contributed by atoms with Crippen molar-refractivity contribution in [2.45, 2.75) is 47.0 Å². The van der Waals surface area contributed by atoms with E-state index in [1.807, 2.05) is 19.9 Å². The molecule has 0 radical (unpaired) electrons. The van der Waals surface area contributed by atoms with Crippen molar-refractivity contribution in [2.24, 2.45) is 5.41 Å². The number of nitrogens with zero attached hydrogens (tertiary/aromatic N) is 2. The van der Waals surface area contributed by atoms with Crippen molar-refractivity contribution in [3.63, 3.8) is 0 Å². The lowest BCUT2D eigenvalue weighted by molar-refractivity contribution is 0.0696. The van der Waals surface area contributed by atoms with Gasteiger partial charge in [-0.1, -0.05) is 20.3 Å². The first-order chi connectivity index (χ1) is 9.36. The molecule has 0 unspecified atom stereocenters. The summed E-state index contributed by atoms with van der Waals surface area (Å²) in [5.74, 6) is -0.234. The topological polar surface area (TPSA) is 53.4 Å². The Morgan fingerprint density at radius 1 is 1.40 bits per heavy atom. The van der Waals surface area contributed by atoms with Crippen LogP contribution >= 0.6 is 0 Å². The van der Waals surface area contributed by atoms with Gasteiger partial charge in [-0.3, -0.25) is 0 Å². The van der Waals surface area contributed by atoms with E-state index in [2.05, 4.69) is 23.7 Å². The van der Waals surface area contributed by atoms with E-state index in [0.717, 1.165) is 37.2 Å². The number of pyridine rings is 1. The molecule has 110 valence electrons. The molecular formula is C16H24N2O2. The summed E-state index contributed by atoms with van der Waals surface area (Å²) in [5, 5.41) is 9.45. The monoisotopic (exact) mass is 276 g/mol. The first-order valence-corrected chi connectivity index (χ1v) is 7.33. The van der Waals surface area contributed by atoms with Crippen molar-refractivity contribution in [2.75, 3.05) is 18.0 Å². The van der Waals surface area contributed by atoms with Gasteiger partial charge in [0.25, 0.3) is 0 Å². The number of aryl methyl sites for hydroxylation is 2. The molecule has 20 heavy (non-hydrogen) atoms. The van der Waals surface area contributed by atoms with E-state index in [-0.39, 0.29) is 0 Å². The van der Waals surface area contributed by atoms with Crippen LogP contribution in [0.1, 0.15) is 54.7 Å². The molecule has 4 heteroatoms. The molecule has 1 aromatic heterocycles. The zero-order chi connectivity index (χ0) is 14.9. The van der Waals surface area contributed by atoms with E-state index in [1.165, 1.54) is 6.42 Å². The van der Waals surface area contributed by atoms with Gasteiger partial charge >= 0.3 is 5.97 Å². The number of carboxylic acids is 1. The summed E-state index contributed by atoms with van der Waals surface area (Å²) < 4.78 is 0. The van der Waals surface area contributed by atoms with Crippen molar-refractivity contribution >= 4 is 11.8 Å². The highest BCUT2D eigenvalue weighted by molar-refractivity contribution is 5.95. The van der Waals surface area contributed by atoms with Gasteiger partial charge in [-0.15, -0.1) is 0 Å². The van der Waals surface area contributed by atoms with Crippen LogP contribution in [0.2, 0.25) is 0 Å². The van der Waals surface area contributed by atoms with Crippen molar-refractivity contribution in [1.29, 1.82) is 0 Å². The molecule has 0 saturated carbocycles. The highest BCUT2D eigenvalue weighted by Crippen LogP contribution is 2.36. The second-order valence-electron chi connectivity index (χ2n) is 6.24. The molecule has 1 saturated heterocycles. The predicted molar refractivity (Wildman–Crippen MR) is 80.5 cm³/mol. The Labute approximate surface area is 120 Å². The van der Waals surface area contributed by atoms with Crippen LogP contribution in [-0.2, 0) is 0 Å². The van der Waals surface area contributed by atoms with Gasteiger partial charge in [-0.2, -0.15) is 0 Å². The van der Waals surface area contributed by atoms with Crippen molar-refractivity contribution in [1.82, 2.24) is 4.98 Å². The van der Waals surface area contributed by atoms with E-state index < -0.39 is 5.97 Å². The van der Waals surface area contributed by atoms with Gasteiger partial charge in [-0.05, 0) is 43.7 Å². The number of hydrogen-bond acceptors (Lipinski definition) is 3. The molecule has 4 nitrogen and oxygen atoms in total. The van der Waals surface area contributed by atoms with Crippen LogP contribution in [0, 0.1) is 19.3 Å². The zero-order valence-electron chi connectivity index (χ0n) is 12.9. The van der Waals surface area contributed by atoms with Gasteiger partial charge in [0, 0.05) is 18.8 Å². The second kappa shape index (κ2) is 5.43. The molecule has 1 aliphatic heterocycles. The minimum Gasteiger partial charge on any atom is -0.478 e. The third kappa shape index (κ3) is 2.79. The fourth-order valence-corrected chi connectivity index (χ4v) is 2.92. The van der Waals surface area contributed by atoms with Gasteiger partial charge in [0.2, 0.25) is 0 Å². The lowest BCUT2D eigenvalue weighted by Crippen LogP contribution is -2.39. The molecule has 2 rings (SSSR count). The van der Waals surface area contributed by atoms with E-state index in [1.54, 1.807) is 0 Å². The molecule has 0 bridgehead atoms. The average Bonchev–Trinajstić information content (AvgIpc) is 2.38. The van der Waals surface area contributed by atoms with E-state index in [4.69, 9.17) is 0 Å². The molecule has 1 aromatic rings. The van der Waals surface area contributed by atoms with Gasteiger partial charge in [-0.25, -0.2) is 9.78 Å². The third-order valence-electron chi connectivity index (χ3n) is 4.66. The first-order valence-electron chi connectivity index (χ1n) is 7.33. The maximum atomic E-state index is 11.5. The number of carbonyl (C=O) groups is 1. The lowest BCUT2D eigenvalue weighted by atomic mass is 9.78. The lowest BCUT2D eigenvalue weighted by Gasteiger charge is -2.40. The van der Waals surface area contributed by atoms with Crippen molar-refractivity contribution < 1.29 is 9.90 Å². The molecule has 0 atom stereocenters. The Kier molecular flexibility index (Phi) is 4.02. The number of aromatic nitrogens is 1. The first kappa shape index (κ1) is 14.8. The van der Waals surface area contributed by atoms with Crippen LogP contribution in [-0.4, -0.2) is 29.1 Å². The predicted octanol–water partition coefficient (Wildman–Crippen LogP) is 3.41. The van der Waals surface area contributed by atoms with E-state index >= 15 is 0 Å². The molecule has 0 spiro atoms. The molecule has 0 amide bonds. The number of piperidine rings is 1. The summed E-state index contributed by atoms with van der Waals surface area (Å²) in [4.78, 5) is 18.2. The normalized spacial score (nSPS) is 18.1. The summed E-state index contributed by atoms with van der Waals surface area (Å²) in [7, 11) is 0. The number of anilines is 1. The Morgan fingerprint density at radius 3 is 2.50 bits per heavy atom. The summed E-state index contributed by atoms with van der Waals surface area (Å²) >= 11 is 0. The molecule has 1 aliphatic rings. The fourth-order valence-electron chi connectivity index (χ4n) is 2.92. The van der Waals surface area contributed by atoms with Gasteiger partial charge in [0.05, 0.1) is 0 Å². The number of aromatic carboxylic acids is 1.